The highest BCUT2D eigenvalue weighted by Gasteiger charge is 2.42. The van der Waals surface area contributed by atoms with Gasteiger partial charge in [0, 0.05) is 19.5 Å². The largest absolute Gasteiger partial charge is 0.383 e. The van der Waals surface area contributed by atoms with Gasteiger partial charge in [-0.25, -0.2) is 9.37 Å². The molecule has 2 fully saturated rings. The van der Waals surface area contributed by atoms with Crippen LogP contribution in [0.25, 0.3) is 0 Å². The molecule has 1 aromatic heterocycles. The molecular formula is C25H30FN5O3. The smallest absolute Gasteiger partial charge is 0.313 e. The van der Waals surface area contributed by atoms with Crippen molar-refractivity contribution in [3.63, 3.8) is 0 Å². The molecule has 3 N–H and O–H groups in total. The first kappa shape index (κ1) is 23.7. The molecule has 1 saturated carbocycles. The molecule has 180 valence electrons. The Morgan fingerprint density at radius 3 is 2.47 bits per heavy atom. The number of nitrogen functional groups attached to an aromatic ring is 1. The van der Waals surface area contributed by atoms with Gasteiger partial charge in [-0.3, -0.25) is 14.4 Å². The molecule has 34 heavy (non-hydrogen) atoms. The van der Waals surface area contributed by atoms with Gasteiger partial charge in [0.25, 0.3) is 0 Å². The number of aromatic nitrogens is 1. The lowest BCUT2D eigenvalue weighted by Gasteiger charge is -2.46. The Morgan fingerprint density at radius 2 is 1.82 bits per heavy atom. The maximum atomic E-state index is 13.6. The summed E-state index contributed by atoms with van der Waals surface area (Å²) in [5, 5.41) is 2.62. The van der Waals surface area contributed by atoms with Crippen LogP contribution in [0.1, 0.15) is 50.3 Å². The Balaban J connectivity index is 1.56. The Morgan fingerprint density at radius 1 is 1.15 bits per heavy atom. The minimum atomic E-state index is -0.800. The van der Waals surface area contributed by atoms with Gasteiger partial charge >= 0.3 is 11.8 Å². The predicted molar refractivity (Wildman–Crippen MR) is 126 cm³/mol. The fourth-order valence-corrected chi connectivity index (χ4v) is 4.56. The average Bonchev–Trinajstić information content (AvgIpc) is 3.64. The summed E-state index contributed by atoms with van der Waals surface area (Å²) >= 11 is 0. The van der Waals surface area contributed by atoms with Crippen LogP contribution in [-0.2, 0) is 20.8 Å². The summed E-state index contributed by atoms with van der Waals surface area (Å²) in [5.41, 5.74) is 7.65. The molecule has 0 unspecified atom stereocenters. The standard InChI is InChI=1S/C25H30FN5O3/c1-3-17-13-20(14-28-23(17)27)29-24(33)25(34)31-11-10-30(21(32)12-16-4-5-16)15(2)22(31)18-6-8-19(26)9-7-18/h6-9,13-16,22H,3-5,10-12H2,1-2H3,(H2,27,28)(H,29,33)/t15-,22+/m0/s1. The van der Waals surface area contributed by atoms with E-state index in [0.29, 0.717) is 42.4 Å². The number of benzene rings is 1. The Labute approximate surface area is 198 Å². The number of rotatable bonds is 5. The second kappa shape index (κ2) is 9.79. The van der Waals surface area contributed by atoms with Gasteiger partial charge < -0.3 is 20.9 Å². The van der Waals surface area contributed by atoms with E-state index >= 15 is 0 Å². The first-order chi connectivity index (χ1) is 16.3. The van der Waals surface area contributed by atoms with Gasteiger partial charge in [-0.15, -0.1) is 0 Å². The molecule has 2 aromatic rings. The van der Waals surface area contributed by atoms with E-state index in [9.17, 15) is 18.8 Å². The number of hydrogen-bond acceptors (Lipinski definition) is 5. The zero-order chi connectivity index (χ0) is 24.4. The third-order valence-electron chi connectivity index (χ3n) is 6.65. The van der Waals surface area contributed by atoms with Crippen LogP contribution in [0, 0.1) is 11.7 Å². The summed E-state index contributed by atoms with van der Waals surface area (Å²) in [7, 11) is 0. The highest BCUT2D eigenvalue weighted by molar-refractivity contribution is 6.39. The van der Waals surface area contributed by atoms with E-state index in [-0.39, 0.29) is 18.5 Å². The van der Waals surface area contributed by atoms with E-state index in [1.54, 1.807) is 23.1 Å². The van der Waals surface area contributed by atoms with E-state index in [0.717, 1.165) is 18.4 Å². The molecule has 1 saturated heterocycles. The van der Waals surface area contributed by atoms with Crippen molar-refractivity contribution in [3.05, 3.63) is 53.5 Å². The number of amides is 3. The fourth-order valence-electron chi connectivity index (χ4n) is 4.56. The van der Waals surface area contributed by atoms with Crippen molar-refractivity contribution in [1.82, 2.24) is 14.8 Å². The maximum Gasteiger partial charge on any atom is 0.313 e. The third kappa shape index (κ3) is 5.03. The molecule has 0 radical (unpaired) electrons. The number of halogens is 1. The normalized spacial score (nSPS) is 20.2. The van der Waals surface area contributed by atoms with Gasteiger partial charge in [0.15, 0.2) is 0 Å². The number of nitrogens with two attached hydrogens (primary N) is 1. The third-order valence-corrected chi connectivity index (χ3v) is 6.65. The highest BCUT2D eigenvalue weighted by Crippen LogP contribution is 2.36. The molecule has 8 nitrogen and oxygen atoms in total. The lowest BCUT2D eigenvalue weighted by Crippen LogP contribution is -2.58. The summed E-state index contributed by atoms with van der Waals surface area (Å²) in [5.74, 6) is -1.04. The summed E-state index contributed by atoms with van der Waals surface area (Å²) in [6, 6.07) is 6.59. The minimum Gasteiger partial charge on any atom is -0.383 e. The molecule has 0 bridgehead atoms. The van der Waals surface area contributed by atoms with Crippen LogP contribution >= 0.6 is 0 Å². The number of anilines is 2. The quantitative estimate of drug-likeness (QED) is 0.658. The topological polar surface area (TPSA) is 109 Å². The molecule has 1 aliphatic heterocycles. The van der Waals surface area contributed by atoms with Crippen LogP contribution in [0.5, 0.6) is 0 Å². The maximum absolute atomic E-state index is 13.6. The molecule has 2 atom stereocenters. The highest BCUT2D eigenvalue weighted by atomic mass is 19.1. The number of nitrogens with one attached hydrogen (secondary N) is 1. The van der Waals surface area contributed by atoms with Crippen LogP contribution < -0.4 is 11.1 Å². The number of carbonyl (C=O) groups excluding carboxylic acids is 3. The zero-order valence-corrected chi connectivity index (χ0v) is 19.5. The summed E-state index contributed by atoms with van der Waals surface area (Å²) in [6.45, 7) is 4.33. The van der Waals surface area contributed by atoms with Crippen molar-refractivity contribution in [2.45, 2.75) is 51.6 Å². The number of hydrogen-bond donors (Lipinski definition) is 2. The summed E-state index contributed by atoms with van der Waals surface area (Å²) < 4.78 is 13.6. The number of carbonyl (C=O) groups is 3. The second-order valence-corrected chi connectivity index (χ2v) is 9.05. The van der Waals surface area contributed by atoms with Gasteiger partial charge in [0.05, 0.1) is 24.0 Å². The Hall–Kier alpha value is -3.49. The van der Waals surface area contributed by atoms with Gasteiger partial charge in [-0.2, -0.15) is 0 Å². The van der Waals surface area contributed by atoms with Gasteiger partial charge in [-0.05, 0) is 61.4 Å². The lowest BCUT2D eigenvalue weighted by atomic mass is 9.94. The van der Waals surface area contributed by atoms with Crippen molar-refractivity contribution >= 4 is 29.2 Å². The van der Waals surface area contributed by atoms with Crippen LogP contribution in [-0.4, -0.2) is 51.6 Å². The van der Waals surface area contributed by atoms with Crippen LogP contribution in [0.2, 0.25) is 0 Å². The monoisotopic (exact) mass is 467 g/mol. The first-order valence-corrected chi connectivity index (χ1v) is 11.7. The predicted octanol–water partition coefficient (Wildman–Crippen LogP) is 2.90. The summed E-state index contributed by atoms with van der Waals surface area (Å²) in [4.78, 5) is 46.4. The molecule has 1 aliphatic carbocycles. The van der Waals surface area contributed by atoms with Crippen molar-refractivity contribution in [2.75, 3.05) is 24.1 Å². The molecule has 1 aromatic carbocycles. The Bertz CT molecular complexity index is 1090. The van der Waals surface area contributed by atoms with E-state index in [2.05, 4.69) is 10.3 Å². The molecule has 3 amide bonds. The first-order valence-electron chi connectivity index (χ1n) is 11.7. The van der Waals surface area contributed by atoms with E-state index in [4.69, 9.17) is 5.73 Å². The molecule has 0 spiro atoms. The number of piperazine rings is 1. The number of aryl methyl sites for hydroxylation is 1. The van der Waals surface area contributed by atoms with E-state index < -0.39 is 23.7 Å². The van der Waals surface area contributed by atoms with Crippen molar-refractivity contribution in [3.8, 4) is 0 Å². The zero-order valence-electron chi connectivity index (χ0n) is 19.5. The molecule has 4 rings (SSSR count). The van der Waals surface area contributed by atoms with E-state index in [1.807, 2.05) is 13.8 Å². The molecule has 2 aliphatic rings. The van der Waals surface area contributed by atoms with Crippen molar-refractivity contribution < 1.29 is 18.8 Å². The van der Waals surface area contributed by atoms with Crippen molar-refractivity contribution in [2.24, 2.45) is 5.92 Å². The van der Waals surface area contributed by atoms with Gasteiger partial charge in [0.2, 0.25) is 5.91 Å². The average molecular weight is 468 g/mol. The Kier molecular flexibility index (Phi) is 6.81. The lowest BCUT2D eigenvalue weighted by molar-refractivity contribution is -0.152. The summed E-state index contributed by atoms with van der Waals surface area (Å²) in [6.07, 6.45) is 4.68. The van der Waals surface area contributed by atoms with Gasteiger partial charge in [0.1, 0.15) is 11.6 Å². The number of nitrogens with zero attached hydrogens (tertiary/aromatic N) is 3. The fraction of sp³-hybridized carbons (Fsp3) is 0.440. The van der Waals surface area contributed by atoms with Gasteiger partial charge in [-0.1, -0.05) is 19.1 Å². The van der Waals surface area contributed by atoms with Crippen molar-refractivity contribution in [1.29, 1.82) is 0 Å². The van der Waals surface area contributed by atoms with Crippen LogP contribution in [0.4, 0.5) is 15.9 Å². The van der Waals surface area contributed by atoms with E-state index in [1.165, 1.54) is 23.2 Å². The molecule has 2 heterocycles. The molecule has 9 heteroatoms. The number of pyridine rings is 1. The molecular weight excluding hydrogens is 437 g/mol. The minimum absolute atomic E-state index is 0.0544. The van der Waals surface area contributed by atoms with Crippen LogP contribution in [0.15, 0.2) is 36.5 Å². The second-order valence-electron chi connectivity index (χ2n) is 9.05. The SMILES string of the molecule is CCc1cc(NC(=O)C(=O)N2CCN(C(=O)CC3CC3)[C@@H](C)[C@@H]2c2ccc(F)cc2)cnc1N. The van der Waals surface area contributed by atoms with Crippen LogP contribution in [0.3, 0.4) is 0 Å².